The van der Waals surface area contributed by atoms with Gasteiger partial charge in [-0.15, -0.1) is 0 Å². The Labute approximate surface area is 107 Å². The number of methoxy groups -OCH3 is 1. The van der Waals surface area contributed by atoms with Gasteiger partial charge in [-0.3, -0.25) is 0 Å². The molecule has 0 radical (unpaired) electrons. The van der Waals surface area contributed by atoms with Crippen molar-refractivity contribution in [3.05, 3.63) is 23.8 Å². The highest BCUT2D eigenvalue weighted by Gasteiger charge is 2.25. The molecule has 0 aromatic heterocycles. The van der Waals surface area contributed by atoms with Gasteiger partial charge in [0.2, 0.25) is 0 Å². The first-order valence-electron chi connectivity index (χ1n) is 5.93. The highest BCUT2D eigenvalue weighted by atomic mass is 16.5. The largest absolute Gasteiger partial charge is 0.504 e. The molecule has 0 aliphatic heterocycles. The third kappa shape index (κ3) is 3.35. The highest BCUT2D eigenvalue weighted by Crippen LogP contribution is 2.26. The molecule has 18 heavy (non-hydrogen) atoms. The monoisotopic (exact) mass is 255 g/mol. The van der Waals surface area contributed by atoms with E-state index in [0.29, 0.717) is 18.7 Å². The molecule has 0 aliphatic carbocycles. The lowest BCUT2D eigenvalue weighted by Crippen LogP contribution is -2.50. The van der Waals surface area contributed by atoms with E-state index >= 15 is 0 Å². The second-order valence-electron chi connectivity index (χ2n) is 4.31. The molecule has 0 aliphatic rings. The van der Waals surface area contributed by atoms with E-state index in [-0.39, 0.29) is 19.0 Å². The molecule has 0 bridgehead atoms. The van der Waals surface area contributed by atoms with Crippen molar-refractivity contribution in [2.75, 3.05) is 20.3 Å². The number of phenols is 1. The van der Waals surface area contributed by atoms with Crippen LogP contribution in [0.25, 0.3) is 0 Å². The maximum atomic E-state index is 9.64. The number of ether oxygens (including phenoxy) is 1. The summed E-state index contributed by atoms with van der Waals surface area (Å²) in [7, 11) is 1.49. The minimum absolute atomic E-state index is 0.0758. The lowest BCUT2D eigenvalue weighted by atomic mass is 9.98. The molecular formula is C13H21NO4. The van der Waals surface area contributed by atoms with Gasteiger partial charge in [-0.05, 0) is 24.1 Å². The predicted octanol–water partition coefficient (Wildman–Crippen LogP) is 0.624. The maximum Gasteiger partial charge on any atom is 0.160 e. The number of rotatable bonds is 7. The standard InChI is InChI=1S/C13H21NO4/c1-3-13(8-15,9-16)14-7-10-4-5-12(18-2)11(17)6-10/h4-6,14-17H,3,7-9H2,1-2H3. The van der Waals surface area contributed by atoms with Crippen molar-refractivity contribution in [2.45, 2.75) is 25.4 Å². The third-order valence-electron chi connectivity index (χ3n) is 3.19. The lowest BCUT2D eigenvalue weighted by molar-refractivity contribution is 0.0864. The zero-order chi connectivity index (χ0) is 13.6. The molecule has 4 N–H and O–H groups in total. The number of benzene rings is 1. The minimum atomic E-state index is -0.685. The van der Waals surface area contributed by atoms with Crippen LogP contribution in [-0.4, -0.2) is 41.2 Å². The Morgan fingerprint density at radius 1 is 1.28 bits per heavy atom. The number of aromatic hydroxyl groups is 1. The van der Waals surface area contributed by atoms with E-state index in [9.17, 15) is 15.3 Å². The first-order valence-corrected chi connectivity index (χ1v) is 5.93. The van der Waals surface area contributed by atoms with Crippen molar-refractivity contribution in [1.29, 1.82) is 0 Å². The predicted molar refractivity (Wildman–Crippen MR) is 68.7 cm³/mol. The number of hydrogen-bond donors (Lipinski definition) is 4. The molecule has 0 amide bonds. The van der Waals surface area contributed by atoms with Crippen LogP contribution in [0.3, 0.4) is 0 Å². The molecule has 5 heteroatoms. The van der Waals surface area contributed by atoms with Crippen LogP contribution in [0.4, 0.5) is 0 Å². The molecule has 0 saturated heterocycles. The second-order valence-corrected chi connectivity index (χ2v) is 4.31. The minimum Gasteiger partial charge on any atom is -0.504 e. The van der Waals surface area contributed by atoms with Crippen molar-refractivity contribution < 1.29 is 20.1 Å². The van der Waals surface area contributed by atoms with Gasteiger partial charge in [-0.25, -0.2) is 0 Å². The number of aliphatic hydroxyl groups is 2. The Kier molecular flexibility index (Phi) is 5.40. The summed E-state index contributed by atoms with van der Waals surface area (Å²) >= 11 is 0. The van der Waals surface area contributed by atoms with Crippen LogP contribution in [0, 0.1) is 0 Å². The van der Waals surface area contributed by atoms with Gasteiger partial charge >= 0.3 is 0 Å². The van der Waals surface area contributed by atoms with Gasteiger partial charge in [0.25, 0.3) is 0 Å². The van der Waals surface area contributed by atoms with Crippen molar-refractivity contribution >= 4 is 0 Å². The van der Waals surface area contributed by atoms with Crippen LogP contribution in [0.2, 0.25) is 0 Å². The zero-order valence-electron chi connectivity index (χ0n) is 10.8. The summed E-state index contributed by atoms with van der Waals surface area (Å²) in [5.74, 6) is 0.497. The molecule has 1 aromatic rings. The Morgan fingerprint density at radius 3 is 2.39 bits per heavy atom. The van der Waals surface area contributed by atoms with E-state index in [4.69, 9.17) is 4.74 Å². The molecule has 5 nitrogen and oxygen atoms in total. The first-order chi connectivity index (χ1) is 8.60. The quantitative estimate of drug-likeness (QED) is 0.574. The summed E-state index contributed by atoms with van der Waals surface area (Å²) in [6, 6.07) is 5.10. The average Bonchev–Trinajstić information content (AvgIpc) is 2.41. The number of nitrogens with one attached hydrogen (secondary N) is 1. The fraction of sp³-hybridized carbons (Fsp3) is 0.538. The van der Waals surface area contributed by atoms with Crippen molar-refractivity contribution in [2.24, 2.45) is 0 Å². The number of aliphatic hydroxyl groups excluding tert-OH is 2. The zero-order valence-corrected chi connectivity index (χ0v) is 10.8. The van der Waals surface area contributed by atoms with E-state index in [0.717, 1.165) is 5.56 Å². The number of hydrogen-bond acceptors (Lipinski definition) is 5. The third-order valence-corrected chi connectivity index (χ3v) is 3.19. The van der Waals surface area contributed by atoms with E-state index in [1.165, 1.54) is 7.11 Å². The molecule has 102 valence electrons. The molecule has 0 atom stereocenters. The van der Waals surface area contributed by atoms with Gasteiger partial charge in [0.15, 0.2) is 11.5 Å². The summed E-state index contributed by atoms with van der Waals surface area (Å²) in [4.78, 5) is 0. The second kappa shape index (κ2) is 6.58. The molecule has 0 spiro atoms. The van der Waals surface area contributed by atoms with Gasteiger partial charge in [-0.1, -0.05) is 13.0 Å². The van der Waals surface area contributed by atoms with Crippen LogP contribution in [0.1, 0.15) is 18.9 Å². The van der Waals surface area contributed by atoms with Crippen LogP contribution in [0.5, 0.6) is 11.5 Å². The van der Waals surface area contributed by atoms with Crippen molar-refractivity contribution in [3.8, 4) is 11.5 Å². The Balaban J connectivity index is 2.71. The molecule has 1 rings (SSSR count). The van der Waals surface area contributed by atoms with E-state index in [1.54, 1.807) is 12.1 Å². The Hall–Kier alpha value is -1.30. The molecule has 0 heterocycles. The average molecular weight is 255 g/mol. The Morgan fingerprint density at radius 2 is 1.94 bits per heavy atom. The van der Waals surface area contributed by atoms with Gasteiger partial charge in [0.1, 0.15) is 0 Å². The van der Waals surface area contributed by atoms with Crippen molar-refractivity contribution in [1.82, 2.24) is 5.32 Å². The SMILES string of the molecule is CCC(CO)(CO)NCc1ccc(OC)c(O)c1. The van der Waals surface area contributed by atoms with Crippen LogP contribution < -0.4 is 10.1 Å². The summed E-state index contributed by atoms with van der Waals surface area (Å²) in [6.07, 6.45) is 0.613. The number of phenolic OH excluding ortho intramolecular Hbond substituents is 1. The van der Waals surface area contributed by atoms with Gasteiger partial charge < -0.3 is 25.4 Å². The summed E-state index contributed by atoms with van der Waals surface area (Å²) in [5.41, 5.74) is 0.170. The topological polar surface area (TPSA) is 82.0 Å². The maximum absolute atomic E-state index is 9.64. The van der Waals surface area contributed by atoms with E-state index in [1.807, 2.05) is 13.0 Å². The van der Waals surface area contributed by atoms with E-state index < -0.39 is 5.54 Å². The molecular weight excluding hydrogens is 234 g/mol. The van der Waals surface area contributed by atoms with Crippen molar-refractivity contribution in [3.63, 3.8) is 0 Å². The van der Waals surface area contributed by atoms with Crippen LogP contribution in [0.15, 0.2) is 18.2 Å². The molecule has 0 fully saturated rings. The normalized spacial score (nSPS) is 11.6. The van der Waals surface area contributed by atoms with Gasteiger partial charge in [-0.2, -0.15) is 0 Å². The highest BCUT2D eigenvalue weighted by molar-refractivity contribution is 5.41. The molecule has 0 unspecified atom stereocenters. The van der Waals surface area contributed by atoms with Gasteiger partial charge in [0, 0.05) is 6.54 Å². The molecule has 0 saturated carbocycles. The summed E-state index contributed by atoms with van der Waals surface area (Å²) < 4.78 is 4.96. The molecule has 1 aromatic carbocycles. The first kappa shape index (κ1) is 14.8. The van der Waals surface area contributed by atoms with Crippen LogP contribution >= 0.6 is 0 Å². The van der Waals surface area contributed by atoms with Gasteiger partial charge in [0.05, 0.1) is 25.9 Å². The summed E-state index contributed by atoms with van der Waals surface area (Å²) in [6.45, 7) is 2.07. The fourth-order valence-corrected chi connectivity index (χ4v) is 1.65. The Bertz CT molecular complexity index is 369. The fourth-order valence-electron chi connectivity index (χ4n) is 1.65. The van der Waals surface area contributed by atoms with Crippen LogP contribution in [-0.2, 0) is 6.54 Å². The smallest absolute Gasteiger partial charge is 0.160 e. The lowest BCUT2D eigenvalue weighted by Gasteiger charge is -2.30. The van der Waals surface area contributed by atoms with E-state index in [2.05, 4.69) is 5.32 Å². The summed E-state index contributed by atoms with van der Waals surface area (Å²) in [5, 5.41) is 31.4.